The van der Waals surface area contributed by atoms with Crippen LogP contribution in [-0.4, -0.2) is 43.5 Å². The van der Waals surface area contributed by atoms with Gasteiger partial charge in [0.05, 0.1) is 12.1 Å². The fourth-order valence-corrected chi connectivity index (χ4v) is 2.99. The highest BCUT2D eigenvalue weighted by molar-refractivity contribution is 5.74. The molecule has 2 aliphatic heterocycles. The Morgan fingerprint density at radius 1 is 1.36 bits per heavy atom. The van der Waals surface area contributed by atoms with E-state index in [0.29, 0.717) is 13.2 Å². The summed E-state index contributed by atoms with van der Waals surface area (Å²) in [5.74, 6) is 2.59. The number of hydrogen-bond donors (Lipinski definition) is 2. The van der Waals surface area contributed by atoms with Crippen molar-refractivity contribution in [2.75, 3.05) is 13.2 Å². The summed E-state index contributed by atoms with van der Waals surface area (Å²) in [5, 5.41) is 5.75. The normalized spacial score (nSPS) is 29.6. The van der Waals surface area contributed by atoms with E-state index in [9.17, 15) is 4.79 Å². The molecule has 0 saturated carbocycles. The SMILES string of the molecule is C#CC1O[C@@H]2CCO[C@@H]2[C@H]1NC(=O)NCCc1ccccc1. The molecule has 2 aliphatic rings. The molecule has 1 aromatic rings. The first-order valence-electron chi connectivity index (χ1n) is 7.59. The molecule has 22 heavy (non-hydrogen) atoms. The van der Waals surface area contributed by atoms with E-state index < -0.39 is 6.10 Å². The minimum Gasteiger partial charge on any atom is -0.373 e. The number of hydrogen-bond acceptors (Lipinski definition) is 3. The minimum absolute atomic E-state index is 0.00401. The highest BCUT2D eigenvalue weighted by Gasteiger charge is 2.48. The molecule has 116 valence electrons. The number of carbonyl (C=O) groups excluding carboxylic acids is 1. The number of amides is 2. The van der Waals surface area contributed by atoms with Gasteiger partial charge in [0.1, 0.15) is 12.2 Å². The Kier molecular flexibility index (Phi) is 4.62. The zero-order chi connectivity index (χ0) is 15.4. The second kappa shape index (κ2) is 6.82. The van der Waals surface area contributed by atoms with E-state index >= 15 is 0 Å². The third-order valence-corrected chi connectivity index (χ3v) is 4.08. The van der Waals surface area contributed by atoms with Crippen molar-refractivity contribution < 1.29 is 14.3 Å². The van der Waals surface area contributed by atoms with Gasteiger partial charge >= 0.3 is 6.03 Å². The molecule has 5 nitrogen and oxygen atoms in total. The van der Waals surface area contributed by atoms with Crippen LogP contribution in [0.1, 0.15) is 12.0 Å². The molecule has 4 atom stereocenters. The van der Waals surface area contributed by atoms with Gasteiger partial charge in [-0.05, 0) is 18.4 Å². The van der Waals surface area contributed by atoms with Crippen LogP contribution < -0.4 is 10.6 Å². The highest BCUT2D eigenvalue weighted by Crippen LogP contribution is 2.30. The van der Waals surface area contributed by atoms with Crippen molar-refractivity contribution in [3.63, 3.8) is 0 Å². The van der Waals surface area contributed by atoms with Crippen LogP contribution in [-0.2, 0) is 15.9 Å². The van der Waals surface area contributed by atoms with Crippen molar-refractivity contribution in [3.05, 3.63) is 35.9 Å². The lowest BCUT2D eigenvalue weighted by atomic mass is 10.1. The van der Waals surface area contributed by atoms with Gasteiger partial charge in [-0.15, -0.1) is 6.42 Å². The van der Waals surface area contributed by atoms with Crippen molar-refractivity contribution in [1.82, 2.24) is 10.6 Å². The zero-order valence-electron chi connectivity index (χ0n) is 12.3. The van der Waals surface area contributed by atoms with Gasteiger partial charge in [0, 0.05) is 13.2 Å². The summed E-state index contributed by atoms with van der Waals surface area (Å²) in [4.78, 5) is 12.0. The Morgan fingerprint density at radius 3 is 2.95 bits per heavy atom. The lowest BCUT2D eigenvalue weighted by Gasteiger charge is -2.20. The molecule has 5 heteroatoms. The quantitative estimate of drug-likeness (QED) is 0.818. The maximum Gasteiger partial charge on any atom is 0.315 e. The van der Waals surface area contributed by atoms with Crippen molar-refractivity contribution in [2.45, 2.75) is 37.2 Å². The number of urea groups is 1. The third-order valence-electron chi connectivity index (χ3n) is 4.08. The number of carbonyl (C=O) groups is 1. The van der Waals surface area contributed by atoms with Crippen LogP contribution in [0.15, 0.2) is 30.3 Å². The van der Waals surface area contributed by atoms with Crippen molar-refractivity contribution >= 4 is 6.03 Å². The molecule has 1 unspecified atom stereocenters. The van der Waals surface area contributed by atoms with E-state index in [4.69, 9.17) is 15.9 Å². The Labute approximate surface area is 130 Å². The van der Waals surface area contributed by atoms with Gasteiger partial charge in [-0.25, -0.2) is 4.79 Å². The molecule has 2 fully saturated rings. The molecule has 3 rings (SSSR count). The molecular weight excluding hydrogens is 280 g/mol. The van der Waals surface area contributed by atoms with Gasteiger partial charge in [0.2, 0.25) is 0 Å². The predicted octanol–water partition coefficient (Wildman–Crippen LogP) is 1.09. The second-order valence-corrected chi connectivity index (χ2v) is 5.55. The molecule has 2 N–H and O–H groups in total. The smallest absolute Gasteiger partial charge is 0.315 e. The van der Waals surface area contributed by atoms with Gasteiger partial charge in [0.25, 0.3) is 0 Å². The number of fused-ring (bicyclic) bond motifs is 1. The Morgan fingerprint density at radius 2 is 2.18 bits per heavy atom. The number of rotatable bonds is 4. The van der Waals surface area contributed by atoms with Crippen LogP contribution in [0.5, 0.6) is 0 Å². The summed E-state index contributed by atoms with van der Waals surface area (Å²) in [7, 11) is 0. The summed E-state index contributed by atoms with van der Waals surface area (Å²) in [6.45, 7) is 1.22. The first-order valence-corrected chi connectivity index (χ1v) is 7.59. The first kappa shape index (κ1) is 14.9. The van der Waals surface area contributed by atoms with E-state index in [-0.39, 0.29) is 24.3 Å². The molecule has 0 aromatic heterocycles. The van der Waals surface area contributed by atoms with Gasteiger partial charge in [-0.2, -0.15) is 0 Å². The second-order valence-electron chi connectivity index (χ2n) is 5.55. The monoisotopic (exact) mass is 300 g/mol. The predicted molar refractivity (Wildman–Crippen MR) is 82.3 cm³/mol. The molecule has 2 amide bonds. The summed E-state index contributed by atoms with van der Waals surface area (Å²) < 4.78 is 11.4. The standard InChI is InChI=1S/C17H20N2O3/c1-2-13-15(16-14(22-13)9-11-21-16)19-17(20)18-10-8-12-6-4-3-5-7-12/h1,3-7,13-16H,8-11H2,(H2,18,19,20)/t13?,14-,15+,16+/m1/s1. The van der Waals surface area contributed by atoms with Gasteiger partial charge in [-0.1, -0.05) is 36.3 Å². The van der Waals surface area contributed by atoms with E-state index in [0.717, 1.165) is 12.8 Å². The molecule has 0 radical (unpaired) electrons. The lowest BCUT2D eigenvalue weighted by molar-refractivity contribution is 0.0589. The van der Waals surface area contributed by atoms with E-state index in [1.54, 1.807) is 0 Å². The van der Waals surface area contributed by atoms with Crippen molar-refractivity contribution in [3.8, 4) is 12.3 Å². The Bertz CT molecular complexity index is 555. The topological polar surface area (TPSA) is 59.6 Å². The third kappa shape index (κ3) is 3.24. The van der Waals surface area contributed by atoms with Crippen LogP contribution in [0, 0.1) is 12.3 Å². The van der Waals surface area contributed by atoms with E-state index in [1.807, 2.05) is 30.3 Å². The largest absolute Gasteiger partial charge is 0.373 e. The van der Waals surface area contributed by atoms with Crippen molar-refractivity contribution in [1.29, 1.82) is 0 Å². The molecule has 0 aliphatic carbocycles. The Balaban J connectivity index is 1.48. The van der Waals surface area contributed by atoms with Crippen LogP contribution in [0.25, 0.3) is 0 Å². The molecular formula is C17H20N2O3. The van der Waals surface area contributed by atoms with Crippen LogP contribution in [0.2, 0.25) is 0 Å². The lowest BCUT2D eigenvalue weighted by Crippen LogP contribution is -2.51. The molecule has 0 bridgehead atoms. The maximum atomic E-state index is 12.0. The highest BCUT2D eigenvalue weighted by atomic mass is 16.6. The van der Waals surface area contributed by atoms with Crippen LogP contribution >= 0.6 is 0 Å². The summed E-state index contributed by atoms with van der Waals surface area (Å²) >= 11 is 0. The number of nitrogens with one attached hydrogen (secondary N) is 2. The number of benzene rings is 1. The fraction of sp³-hybridized carbons (Fsp3) is 0.471. The van der Waals surface area contributed by atoms with Gasteiger partial charge < -0.3 is 20.1 Å². The van der Waals surface area contributed by atoms with E-state index in [2.05, 4.69) is 16.6 Å². The zero-order valence-corrected chi connectivity index (χ0v) is 12.3. The summed E-state index contributed by atoms with van der Waals surface area (Å²) in [6.07, 6.45) is 6.53. The maximum absolute atomic E-state index is 12.0. The Hall–Kier alpha value is -2.03. The average Bonchev–Trinajstić information content (AvgIpc) is 3.11. The van der Waals surface area contributed by atoms with E-state index in [1.165, 1.54) is 5.56 Å². The molecule has 1 aromatic carbocycles. The summed E-state index contributed by atoms with van der Waals surface area (Å²) in [6, 6.07) is 9.50. The number of terminal acetylenes is 1. The number of ether oxygens (including phenoxy) is 2. The molecule has 2 heterocycles. The summed E-state index contributed by atoms with van der Waals surface area (Å²) in [5.41, 5.74) is 1.19. The minimum atomic E-state index is -0.421. The molecule has 2 saturated heterocycles. The van der Waals surface area contributed by atoms with Crippen molar-refractivity contribution in [2.24, 2.45) is 0 Å². The van der Waals surface area contributed by atoms with Gasteiger partial charge in [0.15, 0.2) is 0 Å². The first-order chi connectivity index (χ1) is 10.8. The fourth-order valence-electron chi connectivity index (χ4n) is 2.99. The van der Waals surface area contributed by atoms with Crippen LogP contribution in [0.4, 0.5) is 4.79 Å². The average molecular weight is 300 g/mol. The van der Waals surface area contributed by atoms with Crippen LogP contribution in [0.3, 0.4) is 0 Å². The molecule has 0 spiro atoms. The van der Waals surface area contributed by atoms with Gasteiger partial charge in [-0.3, -0.25) is 0 Å².